The Morgan fingerprint density at radius 3 is 2.41 bits per heavy atom. The molecule has 1 aliphatic heterocycles. The minimum atomic E-state index is 0.112. The van der Waals surface area contributed by atoms with Gasteiger partial charge in [-0.05, 0) is 43.2 Å². The molecule has 1 aliphatic rings. The first-order chi connectivity index (χ1) is 16.7. The number of para-hydroxylation sites is 1. The average Bonchev–Trinajstić information content (AvgIpc) is 3.20. The van der Waals surface area contributed by atoms with Crippen molar-refractivity contribution in [3.05, 3.63) is 96.3 Å². The van der Waals surface area contributed by atoms with Gasteiger partial charge >= 0.3 is 0 Å². The highest BCUT2D eigenvalue weighted by Crippen LogP contribution is 2.31. The van der Waals surface area contributed by atoms with Crippen LogP contribution in [0.25, 0.3) is 33.2 Å². The number of nitrogens with zero attached hydrogens (tertiary/aromatic N) is 4. The van der Waals surface area contributed by atoms with E-state index >= 15 is 0 Å². The Morgan fingerprint density at radius 2 is 1.59 bits per heavy atom. The van der Waals surface area contributed by atoms with Crippen LogP contribution in [0.3, 0.4) is 0 Å². The van der Waals surface area contributed by atoms with Crippen molar-refractivity contribution < 1.29 is 4.79 Å². The van der Waals surface area contributed by atoms with E-state index in [0.717, 1.165) is 59.5 Å². The minimum Gasteiger partial charge on any atom is -0.344 e. The van der Waals surface area contributed by atoms with Crippen molar-refractivity contribution in [1.29, 1.82) is 0 Å². The van der Waals surface area contributed by atoms with E-state index < -0.39 is 0 Å². The number of aromatic nitrogens is 3. The van der Waals surface area contributed by atoms with E-state index in [1.165, 1.54) is 10.9 Å². The lowest BCUT2D eigenvalue weighted by atomic mass is 9.92. The van der Waals surface area contributed by atoms with Gasteiger partial charge in [-0.25, -0.2) is 9.97 Å². The van der Waals surface area contributed by atoms with Crippen LogP contribution in [0.5, 0.6) is 0 Å². The Morgan fingerprint density at radius 1 is 0.853 bits per heavy atom. The number of likely N-dealkylation sites (tertiary alicyclic amines) is 1. The lowest BCUT2D eigenvalue weighted by Crippen LogP contribution is -2.38. The van der Waals surface area contributed by atoms with Gasteiger partial charge in [-0.2, -0.15) is 0 Å². The number of carbonyl (C=O) groups excluding carboxylic acids is 1. The third kappa shape index (κ3) is 3.54. The lowest BCUT2D eigenvalue weighted by Gasteiger charge is -2.32. The fraction of sp³-hybridized carbons (Fsp3) is 0.207. The van der Waals surface area contributed by atoms with Crippen molar-refractivity contribution in [2.75, 3.05) is 13.1 Å². The maximum Gasteiger partial charge on any atom is 0.253 e. The topological polar surface area (TPSA) is 51.0 Å². The smallest absolute Gasteiger partial charge is 0.253 e. The van der Waals surface area contributed by atoms with Crippen LogP contribution >= 0.6 is 0 Å². The van der Waals surface area contributed by atoms with E-state index in [9.17, 15) is 4.79 Å². The number of rotatable bonds is 3. The predicted molar refractivity (Wildman–Crippen MR) is 136 cm³/mol. The summed E-state index contributed by atoms with van der Waals surface area (Å²) in [4.78, 5) is 24.7. The van der Waals surface area contributed by atoms with E-state index in [0.29, 0.717) is 5.92 Å². The summed E-state index contributed by atoms with van der Waals surface area (Å²) < 4.78 is 2.19. The molecule has 1 saturated heterocycles. The highest BCUT2D eigenvalue weighted by atomic mass is 16.2. The van der Waals surface area contributed by atoms with Crippen LogP contribution in [0.4, 0.5) is 0 Å². The molecule has 0 aliphatic carbocycles. The van der Waals surface area contributed by atoms with Gasteiger partial charge in [0, 0.05) is 70.9 Å². The summed E-state index contributed by atoms with van der Waals surface area (Å²) in [5.74, 6) is 1.22. The zero-order chi connectivity index (χ0) is 23.1. The molecule has 2 aromatic heterocycles. The Balaban J connectivity index is 1.20. The van der Waals surface area contributed by atoms with Crippen LogP contribution in [-0.2, 0) is 7.05 Å². The quantitative estimate of drug-likeness (QED) is 0.351. The average molecular weight is 447 g/mol. The molecule has 5 heteroatoms. The van der Waals surface area contributed by atoms with Gasteiger partial charge in [-0.3, -0.25) is 4.79 Å². The van der Waals surface area contributed by atoms with Gasteiger partial charge in [0.1, 0.15) is 0 Å². The van der Waals surface area contributed by atoms with E-state index in [4.69, 9.17) is 4.98 Å². The van der Waals surface area contributed by atoms with Gasteiger partial charge < -0.3 is 9.47 Å². The molecule has 5 nitrogen and oxygen atoms in total. The van der Waals surface area contributed by atoms with Crippen molar-refractivity contribution in [3.8, 4) is 11.4 Å². The Bertz CT molecular complexity index is 1500. The van der Waals surface area contributed by atoms with E-state index in [-0.39, 0.29) is 5.91 Å². The summed E-state index contributed by atoms with van der Waals surface area (Å²) in [5, 5.41) is 2.32. The highest BCUT2D eigenvalue weighted by Gasteiger charge is 2.26. The third-order valence-corrected chi connectivity index (χ3v) is 7.07. The summed E-state index contributed by atoms with van der Waals surface area (Å²) >= 11 is 0. The second-order valence-electron chi connectivity index (χ2n) is 9.05. The van der Waals surface area contributed by atoms with E-state index in [2.05, 4.69) is 53.0 Å². The summed E-state index contributed by atoms with van der Waals surface area (Å²) in [6.07, 6.45) is 3.67. The molecular formula is C29H26N4O. The predicted octanol–water partition coefficient (Wildman–Crippen LogP) is 5.81. The van der Waals surface area contributed by atoms with E-state index in [1.54, 1.807) is 0 Å². The van der Waals surface area contributed by atoms with Gasteiger partial charge in [-0.1, -0.05) is 48.5 Å². The zero-order valence-corrected chi connectivity index (χ0v) is 19.2. The number of piperidine rings is 1. The molecule has 1 amide bonds. The molecule has 0 saturated carbocycles. The standard InChI is InChI=1S/C29H26N4O/c1-32-26-10-6-5-9-23(26)24-19-22(11-12-27(24)32)29(34)33-17-14-20(15-18-33)25-13-16-30-28(31-25)21-7-3-2-4-8-21/h2-13,16,19-20H,14-15,17-18H2,1H3. The number of amides is 1. The molecule has 3 aromatic carbocycles. The number of benzene rings is 3. The van der Waals surface area contributed by atoms with Crippen molar-refractivity contribution in [3.63, 3.8) is 0 Å². The molecular weight excluding hydrogens is 420 g/mol. The molecule has 0 radical (unpaired) electrons. The molecule has 0 spiro atoms. The Kier molecular flexibility index (Phi) is 5.10. The fourth-order valence-electron chi connectivity index (χ4n) is 5.19. The molecule has 0 bridgehead atoms. The summed E-state index contributed by atoms with van der Waals surface area (Å²) in [7, 11) is 2.08. The molecule has 0 atom stereocenters. The number of hydrogen-bond donors (Lipinski definition) is 0. The van der Waals surface area contributed by atoms with Crippen LogP contribution in [0.1, 0.15) is 34.8 Å². The zero-order valence-electron chi connectivity index (χ0n) is 19.2. The van der Waals surface area contributed by atoms with Gasteiger partial charge in [0.15, 0.2) is 5.82 Å². The number of fused-ring (bicyclic) bond motifs is 3. The SMILES string of the molecule is Cn1c2ccccc2c2cc(C(=O)N3CCC(c4ccnc(-c5ccccc5)n4)CC3)ccc21. The second-order valence-corrected chi connectivity index (χ2v) is 9.05. The third-order valence-electron chi connectivity index (χ3n) is 7.07. The number of aryl methyl sites for hydroxylation is 1. The minimum absolute atomic E-state index is 0.112. The monoisotopic (exact) mass is 446 g/mol. The summed E-state index contributed by atoms with van der Waals surface area (Å²) in [5.41, 5.74) is 5.19. The maximum absolute atomic E-state index is 13.4. The first-order valence-corrected chi connectivity index (χ1v) is 11.8. The van der Waals surface area contributed by atoms with Crippen LogP contribution in [0, 0.1) is 0 Å². The van der Waals surface area contributed by atoms with Crippen LogP contribution in [0.15, 0.2) is 85.1 Å². The van der Waals surface area contributed by atoms with Crippen molar-refractivity contribution in [2.24, 2.45) is 7.05 Å². The van der Waals surface area contributed by atoms with Gasteiger partial charge in [0.2, 0.25) is 0 Å². The highest BCUT2D eigenvalue weighted by molar-refractivity contribution is 6.10. The first kappa shape index (κ1) is 20.6. The van der Waals surface area contributed by atoms with Crippen molar-refractivity contribution >= 4 is 27.7 Å². The normalized spacial score (nSPS) is 14.7. The van der Waals surface area contributed by atoms with Gasteiger partial charge in [0.25, 0.3) is 5.91 Å². The molecule has 1 fully saturated rings. The molecule has 3 heterocycles. The van der Waals surface area contributed by atoms with E-state index in [1.807, 2.05) is 53.6 Å². The maximum atomic E-state index is 13.4. The molecule has 5 aromatic rings. The second kappa shape index (κ2) is 8.41. The summed E-state index contributed by atoms with van der Waals surface area (Å²) in [6.45, 7) is 1.48. The van der Waals surface area contributed by atoms with Gasteiger partial charge in [-0.15, -0.1) is 0 Å². The van der Waals surface area contributed by atoms with Gasteiger partial charge in [0.05, 0.1) is 0 Å². The Hall–Kier alpha value is -3.99. The molecule has 168 valence electrons. The Labute approximate surface area is 198 Å². The molecule has 6 rings (SSSR count). The number of carbonyl (C=O) groups is 1. The molecule has 0 unspecified atom stereocenters. The largest absolute Gasteiger partial charge is 0.344 e. The van der Waals surface area contributed by atoms with Crippen LogP contribution in [-0.4, -0.2) is 38.4 Å². The van der Waals surface area contributed by atoms with Crippen molar-refractivity contribution in [1.82, 2.24) is 19.4 Å². The first-order valence-electron chi connectivity index (χ1n) is 11.8. The molecule has 34 heavy (non-hydrogen) atoms. The van der Waals surface area contributed by atoms with Crippen molar-refractivity contribution in [2.45, 2.75) is 18.8 Å². The summed E-state index contributed by atoms with van der Waals surface area (Å²) in [6, 6.07) is 26.5. The number of hydrogen-bond acceptors (Lipinski definition) is 3. The lowest BCUT2D eigenvalue weighted by molar-refractivity contribution is 0.0712. The van der Waals surface area contributed by atoms with Crippen LogP contribution < -0.4 is 0 Å². The fourth-order valence-corrected chi connectivity index (χ4v) is 5.19. The van der Waals surface area contributed by atoms with Crippen LogP contribution in [0.2, 0.25) is 0 Å². The molecule has 0 N–H and O–H groups in total.